The summed E-state index contributed by atoms with van der Waals surface area (Å²) in [6.07, 6.45) is 2.93. The largest absolute Gasteiger partial charge is 0.325 e. The summed E-state index contributed by atoms with van der Waals surface area (Å²) in [6.45, 7) is 4.19. The van der Waals surface area contributed by atoms with Crippen molar-refractivity contribution in [1.29, 1.82) is 0 Å². The van der Waals surface area contributed by atoms with Crippen LogP contribution in [0, 0.1) is 6.92 Å². The van der Waals surface area contributed by atoms with E-state index in [1.165, 1.54) is 12.5 Å². The third kappa shape index (κ3) is 3.61. The monoisotopic (exact) mass is 386 g/mol. The lowest BCUT2D eigenvalue weighted by molar-refractivity contribution is -0.121. The molecule has 1 aliphatic heterocycles. The van der Waals surface area contributed by atoms with Gasteiger partial charge in [-0.25, -0.2) is 9.97 Å². The predicted molar refractivity (Wildman–Crippen MR) is 111 cm³/mol. The second-order valence-electron chi connectivity index (χ2n) is 7.19. The summed E-state index contributed by atoms with van der Waals surface area (Å²) in [5, 5.41) is 0. The minimum absolute atomic E-state index is 0.0253. The van der Waals surface area contributed by atoms with E-state index in [0.29, 0.717) is 17.8 Å². The van der Waals surface area contributed by atoms with Gasteiger partial charge in [-0.1, -0.05) is 48.5 Å². The topological polar surface area (TPSA) is 66.4 Å². The molecule has 1 aromatic heterocycles. The fourth-order valence-corrected chi connectivity index (χ4v) is 3.68. The number of anilines is 1. The molecule has 0 bridgehead atoms. The summed E-state index contributed by atoms with van der Waals surface area (Å²) in [4.78, 5) is 37.5. The van der Waals surface area contributed by atoms with Gasteiger partial charge < -0.3 is 9.80 Å². The van der Waals surface area contributed by atoms with Gasteiger partial charge in [-0.15, -0.1) is 0 Å². The number of nitrogens with zero attached hydrogens (tertiary/aromatic N) is 4. The zero-order chi connectivity index (χ0) is 20.4. The van der Waals surface area contributed by atoms with Crippen LogP contribution in [0.25, 0.3) is 11.1 Å². The van der Waals surface area contributed by atoms with E-state index in [-0.39, 0.29) is 24.4 Å². The minimum Gasteiger partial charge on any atom is -0.325 e. The molecule has 0 aliphatic carbocycles. The van der Waals surface area contributed by atoms with Crippen LogP contribution in [0.4, 0.5) is 5.69 Å². The number of para-hydroxylation sites is 1. The molecule has 6 nitrogen and oxygen atoms in total. The number of hydrogen-bond acceptors (Lipinski definition) is 4. The van der Waals surface area contributed by atoms with Gasteiger partial charge in [0.15, 0.2) is 0 Å². The average Bonchev–Trinajstić information content (AvgIpc) is 2.75. The first-order valence-corrected chi connectivity index (χ1v) is 9.58. The number of carbonyl (C=O) groups excluding carboxylic acids is 2. The van der Waals surface area contributed by atoms with E-state index in [1.54, 1.807) is 16.7 Å². The molecular weight excluding hydrogens is 364 g/mol. The normalized spacial score (nSPS) is 16.8. The van der Waals surface area contributed by atoms with Crippen molar-refractivity contribution in [2.45, 2.75) is 19.9 Å². The summed E-state index contributed by atoms with van der Waals surface area (Å²) in [6, 6.07) is 17.7. The van der Waals surface area contributed by atoms with Crippen molar-refractivity contribution in [3.63, 3.8) is 0 Å². The SMILES string of the molecule is Cc1ncncc1C(=O)N1CC(=O)N(c2ccccc2-c2ccccc2)C[C@@H]1C. The van der Waals surface area contributed by atoms with Gasteiger partial charge in [0.2, 0.25) is 5.91 Å². The molecule has 2 aromatic carbocycles. The Morgan fingerprint density at radius 1 is 1.07 bits per heavy atom. The number of benzene rings is 2. The highest BCUT2D eigenvalue weighted by Gasteiger charge is 2.35. The number of hydrogen-bond donors (Lipinski definition) is 0. The molecule has 2 heterocycles. The van der Waals surface area contributed by atoms with Crippen LogP contribution in [0.5, 0.6) is 0 Å². The Morgan fingerprint density at radius 2 is 1.79 bits per heavy atom. The van der Waals surface area contributed by atoms with Crippen LogP contribution in [0.2, 0.25) is 0 Å². The Hall–Kier alpha value is -3.54. The van der Waals surface area contributed by atoms with Crippen LogP contribution in [0.1, 0.15) is 23.0 Å². The third-order valence-corrected chi connectivity index (χ3v) is 5.27. The molecule has 0 spiro atoms. The van der Waals surface area contributed by atoms with Crippen LogP contribution >= 0.6 is 0 Å². The maximum absolute atomic E-state index is 13.1. The van der Waals surface area contributed by atoms with Crippen molar-refractivity contribution < 1.29 is 9.59 Å². The van der Waals surface area contributed by atoms with E-state index in [1.807, 2.05) is 61.5 Å². The highest BCUT2D eigenvalue weighted by Crippen LogP contribution is 2.32. The summed E-state index contributed by atoms with van der Waals surface area (Å²) < 4.78 is 0. The van der Waals surface area contributed by atoms with Gasteiger partial charge >= 0.3 is 0 Å². The summed E-state index contributed by atoms with van der Waals surface area (Å²) in [5.74, 6) is -0.311. The maximum atomic E-state index is 13.1. The van der Waals surface area contributed by atoms with Gasteiger partial charge in [0.05, 0.1) is 16.9 Å². The number of amides is 2. The van der Waals surface area contributed by atoms with E-state index in [2.05, 4.69) is 9.97 Å². The van der Waals surface area contributed by atoms with Crippen molar-refractivity contribution in [1.82, 2.24) is 14.9 Å². The standard InChI is InChI=1S/C23H22N4O2/c1-16-13-27(21-11-7-6-10-19(21)18-8-4-3-5-9-18)22(28)14-26(16)23(29)20-12-24-15-25-17(20)2/h3-12,15-16H,13-14H2,1-2H3/t16-/m0/s1. The Kier molecular flexibility index (Phi) is 5.08. The molecule has 3 aromatic rings. The number of aromatic nitrogens is 2. The molecule has 146 valence electrons. The fraction of sp³-hybridized carbons (Fsp3) is 0.217. The molecule has 29 heavy (non-hydrogen) atoms. The van der Waals surface area contributed by atoms with E-state index >= 15 is 0 Å². The zero-order valence-electron chi connectivity index (χ0n) is 16.4. The molecule has 1 saturated heterocycles. The van der Waals surface area contributed by atoms with Crippen molar-refractivity contribution in [3.05, 3.63) is 78.4 Å². The first-order chi connectivity index (χ1) is 14.1. The highest BCUT2D eigenvalue weighted by molar-refractivity contribution is 6.04. The molecule has 0 saturated carbocycles. The molecule has 1 aliphatic rings. The molecular formula is C23H22N4O2. The zero-order valence-corrected chi connectivity index (χ0v) is 16.4. The van der Waals surface area contributed by atoms with Crippen LogP contribution in [0.15, 0.2) is 67.1 Å². The van der Waals surface area contributed by atoms with Crippen molar-refractivity contribution >= 4 is 17.5 Å². The Labute approximate surface area is 169 Å². The van der Waals surface area contributed by atoms with Gasteiger partial charge in [0.25, 0.3) is 5.91 Å². The molecule has 0 unspecified atom stereocenters. The first kappa shape index (κ1) is 18.8. The summed E-state index contributed by atoms with van der Waals surface area (Å²) in [7, 11) is 0. The first-order valence-electron chi connectivity index (χ1n) is 9.58. The van der Waals surface area contributed by atoms with Crippen LogP contribution < -0.4 is 4.90 Å². The molecule has 4 rings (SSSR count). The van der Waals surface area contributed by atoms with Gasteiger partial charge in [0, 0.05) is 24.3 Å². The van der Waals surface area contributed by atoms with Crippen LogP contribution in [-0.4, -0.2) is 45.8 Å². The predicted octanol–water partition coefficient (Wildman–Crippen LogP) is 3.33. The number of aryl methyl sites for hydroxylation is 1. The lowest BCUT2D eigenvalue weighted by Crippen LogP contribution is -2.57. The molecule has 6 heteroatoms. The van der Waals surface area contributed by atoms with Gasteiger partial charge in [-0.05, 0) is 25.5 Å². The second kappa shape index (κ2) is 7.83. The number of carbonyl (C=O) groups is 2. The van der Waals surface area contributed by atoms with Gasteiger partial charge in [-0.2, -0.15) is 0 Å². The molecule has 2 amide bonds. The average molecular weight is 386 g/mol. The van der Waals surface area contributed by atoms with E-state index in [4.69, 9.17) is 0 Å². The lowest BCUT2D eigenvalue weighted by Gasteiger charge is -2.40. The molecule has 0 radical (unpaired) electrons. The van der Waals surface area contributed by atoms with Crippen molar-refractivity contribution in [2.24, 2.45) is 0 Å². The summed E-state index contributed by atoms with van der Waals surface area (Å²) in [5.41, 5.74) is 3.97. The van der Waals surface area contributed by atoms with Crippen LogP contribution in [-0.2, 0) is 4.79 Å². The number of piperazine rings is 1. The smallest absolute Gasteiger partial charge is 0.258 e. The Morgan fingerprint density at radius 3 is 2.55 bits per heavy atom. The minimum atomic E-state index is -0.208. The molecule has 1 fully saturated rings. The third-order valence-electron chi connectivity index (χ3n) is 5.27. The lowest BCUT2D eigenvalue weighted by atomic mass is 10.0. The number of rotatable bonds is 3. The molecule has 0 N–H and O–H groups in total. The summed E-state index contributed by atoms with van der Waals surface area (Å²) >= 11 is 0. The maximum Gasteiger partial charge on any atom is 0.258 e. The van der Waals surface area contributed by atoms with Gasteiger partial charge in [-0.3, -0.25) is 9.59 Å². The second-order valence-corrected chi connectivity index (χ2v) is 7.19. The van der Waals surface area contributed by atoms with Crippen LogP contribution in [0.3, 0.4) is 0 Å². The van der Waals surface area contributed by atoms with E-state index in [9.17, 15) is 9.59 Å². The highest BCUT2D eigenvalue weighted by atomic mass is 16.2. The van der Waals surface area contributed by atoms with Crippen molar-refractivity contribution in [3.8, 4) is 11.1 Å². The Bertz CT molecular complexity index is 1050. The molecule has 1 atom stereocenters. The van der Waals surface area contributed by atoms with E-state index in [0.717, 1.165) is 16.8 Å². The fourth-order valence-electron chi connectivity index (χ4n) is 3.68. The van der Waals surface area contributed by atoms with Gasteiger partial charge in [0.1, 0.15) is 12.9 Å². The quantitative estimate of drug-likeness (QED) is 0.693. The van der Waals surface area contributed by atoms with Crippen molar-refractivity contribution in [2.75, 3.05) is 18.0 Å². The Balaban J connectivity index is 1.62. The van der Waals surface area contributed by atoms with E-state index < -0.39 is 0 Å².